The highest BCUT2D eigenvalue weighted by atomic mass is 32.2. The van der Waals surface area contributed by atoms with Crippen LogP contribution in [0.25, 0.3) is 0 Å². The van der Waals surface area contributed by atoms with E-state index in [0.29, 0.717) is 6.54 Å². The normalized spacial score (nSPS) is 21.3. The number of hydrogen-bond acceptors (Lipinski definition) is 4. The van der Waals surface area contributed by atoms with Gasteiger partial charge in [-0.3, -0.25) is 9.59 Å². The van der Waals surface area contributed by atoms with Crippen LogP contribution in [-0.4, -0.2) is 50.0 Å². The number of nitrogens with one attached hydrogen (secondary N) is 1. The Labute approximate surface area is 152 Å². The third-order valence-electron chi connectivity index (χ3n) is 5.14. The fourth-order valence-corrected chi connectivity index (χ4v) is 4.85. The lowest BCUT2D eigenvalue weighted by molar-refractivity contribution is -0.130. The summed E-state index contributed by atoms with van der Waals surface area (Å²) in [6, 6.07) is 4.85. The molecule has 2 aliphatic rings. The monoisotopic (exact) mass is 382 g/mol. The van der Waals surface area contributed by atoms with Crippen molar-refractivity contribution in [3.05, 3.63) is 30.1 Å². The van der Waals surface area contributed by atoms with E-state index in [1.165, 1.54) is 12.1 Å². The molecular formula is C18H23FN2O4S. The quantitative estimate of drug-likeness (QED) is 0.756. The van der Waals surface area contributed by atoms with Crippen LogP contribution in [0.4, 0.5) is 4.39 Å². The first-order valence-corrected chi connectivity index (χ1v) is 10.6. The molecule has 0 unspecified atom stereocenters. The Morgan fingerprint density at radius 2 is 1.85 bits per heavy atom. The molecule has 1 aromatic carbocycles. The summed E-state index contributed by atoms with van der Waals surface area (Å²) in [5.41, 5.74) is 0. The minimum absolute atomic E-state index is 0.0102. The lowest BCUT2D eigenvalue weighted by Crippen LogP contribution is -2.38. The van der Waals surface area contributed by atoms with Crippen LogP contribution in [-0.2, 0) is 19.4 Å². The second-order valence-corrected chi connectivity index (χ2v) is 9.06. The second-order valence-electron chi connectivity index (χ2n) is 6.95. The molecule has 6 nitrogen and oxygen atoms in total. The van der Waals surface area contributed by atoms with Crippen molar-refractivity contribution < 1.29 is 22.4 Å². The Bertz CT molecular complexity index is 773. The van der Waals surface area contributed by atoms with Gasteiger partial charge in [-0.15, -0.1) is 0 Å². The molecule has 2 fully saturated rings. The summed E-state index contributed by atoms with van der Waals surface area (Å²) >= 11 is 0. The van der Waals surface area contributed by atoms with Gasteiger partial charge >= 0.3 is 0 Å². The van der Waals surface area contributed by atoms with Crippen molar-refractivity contribution in [2.75, 3.05) is 18.8 Å². The van der Waals surface area contributed by atoms with Crippen LogP contribution in [0.5, 0.6) is 0 Å². The molecule has 142 valence electrons. The van der Waals surface area contributed by atoms with E-state index in [-0.39, 0.29) is 41.5 Å². The summed E-state index contributed by atoms with van der Waals surface area (Å²) in [5.74, 6) is -1.46. The molecule has 0 spiro atoms. The van der Waals surface area contributed by atoms with E-state index >= 15 is 0 Å². The zero-order valence-corrected chi connectivity index (χ0v) is 15.3. The van der Waals surface area contributed by atoms with Gasteiger partial charge in [0.1, 0.15) is 5.82 Å². The second kappa shape index (κ2) is 7.73. The van der Waals surface area contributed by atoms with Gasteiger partial charge in [-0.25, -0.2) is 12.8 Å². The summed E-state index contributed by atoms with van der Waals surface area (Å²) in [7, 11) is -3.59. The SMILES string of the molecule is O=C(NCCS(=O)(=O)c1ccc(F)cc1)[C@H]1CC(=O)N(C2CCCC2)C1. The average Bonchev–Trinajstić information content (AvgIpc) is 3.24. The van der Waals surface area contributed by atoms with Gasteiger partial charge < -0.3 is 10.2 Å². The van der Waals surface area contributed by atoms with Gasteiger partial charge in [0.05, 0.1) is 16.6 Å². The Morgan fingerprint density at radius 1 is 1.19 bits per heavy atom. The molecule has 1 saturated heterocycles. The van der Waals surface area contributed by atoms with Crippen molar-refractivity contribution in [1.29, 1.82) is 0 Å². The topological polar surface area (TPSA) is 83.5 Å². The summed E-state index contributed by atoms with van der Waals surface area (Å²) in [5, 5.41) is 2.62. The Morgan fingerprint density at radius 3 is 2.50 bits per heavy atom. The Kier molecular flexibility index (Phi) is 5.60. The standard InChI is InChI=1S/C18H23FN2O4S/c19-14-5-7-16(8-6-14)26(24,25)10-9-20-18(23)13-11-17(22)21(12-13)15-3-1-2-4-15/h5-8,13,15H,1-4,9-12H2,(H,20,23)/t13-/m0/s1. The van der Waals surface area contributed by atoms with Crippen molar-refractivity contribution in [2.45, 2.75) is 43.0 Å². The molecule has 2 amide bonds. The van der Waals surface area contributed by atoms with Gasteiger partial charge in [0.15, 0.2) is 9.84 Å². The molecule has 1 heterocycles. The number of rotatable bonds is 6. The number of sulfone groups is 1. The third kappa shape index (κ3) is 4.23. The predicted octanol–water partition coefficient (Wildman–Crippen LogP) is 1.51. The zero-order valence-electron chi connectivity index (χ0n) is 14.5. The maximum Gasteiger partial charge on any atom is 0.225 e. The first kappa shape index (κ1) is 18.8. The fourth-order valence-electron chi connectivity index (χ4n) is 3.69. The zero-order chi connectivity index (χ0) is 18.7. The van der Waals surface area contributed by atoms with Crippen LogP contribution >= 0.6 is 0 Å². The van der Waals surface area contributed by atoms with E-state index in [1.54, 1.807) is 0 Å². The molecule has 26 heavy (non-hydrogen) atoms. The number of benzene rings is 1. The molecule has 1 atom stereocenters. The molecule has 3 rings (SSSR count). The summed E-state index contributed by atoms with van der Waals surface area (Å²) in [6.07, 6.45) is 4.41. The van der Waals surface area contributed by atoms with E-state index in [1.807, 2.05) is 4.90 Å². The first-order chi connectivity index (χ1) is 12.4. The maximum atomic E-state index is 12.9. The molecule has 8 heteroatoms. The Hall–Kier alpha value is -1.96. The van der Waals surface area contributed by atoms with Crippen LogP contribution in [0.2, 0.25) is 0 Å². The highest BCUT2D eigenvalue weighted by Gasteiger charge is 2.38. The molecule has 1 aromatic rings. The highest BCUT2D eigenvalue weighted by Crippen LogP contribution is 2.29. The minimum Gasteiger partial charge on any atom is -0.355 e. The van der Waals surface area contributed by atoms with E-state index in [0.717, 1.165) is 37.8 Å². The lowest BCUT2D eigenvalue weighted by Gasteiger charge is -2.23. The van der Waals surface area contributed by atoms with Gasteiger partial charge in [0, 0.05) is 25.6 Å². The van der Waals surface area contributed by atoms with Crippen molar-refractivity contribution in [3.63, 3.8) is 0 Å². The molecule has 1 N–H and O–H groups in total. The molecular weight excluding hydrogens is 359 g/mol. The number of halogens is 1. The van der Waals surface area contributed by atoms with Crippen molar-refractivity contribution in [3.8, 4) is 0 Å². The van der Waals surface area contributed by atoms with Gasteiger partial charge in [-0.05, 0) is 37.1 Å². The minimum atomic E-state index is -3.59. The summed E-state index contributed by atoms with van der Waals surface area (Å²) in [6.45, 7) is 0.382. The van der Waals surface area contributed by atoms with Crippen molar-refractivity contribution in [2.24, 2.45) is 5.92 Å². The average molecular weight is 382 g/mol. The van der Waals surface area contributed by atoms with Gasteiger partial charge in [0.2, 0.25) is 11.8 Å². The highest BCUT2D eigenvalue weighted by molar-refractivity contribution is 7.91. The van der Waals surface area contributed by atoms with E-state index in [2.05, 4.69) is 5.32 Å². The van der Waals surface area contributed by atoms with Crippen LogP contribution in [0.15, 0.2) is 29.2 Å². The Balaban J connectivity index is 1.49. The van der Waals surface area contributed by atoms with Crippen LogP contribution in [0.1, 0.15) is 32.1 Å². The number of carbonyl (C=O) groups is 2. The molecule has 0 aromatic heterocycles. The molecule has 1 aliphatic carbocycles. The van der Waals surface area contributed by atoms with E-state index in [4.69, 9.17) is 0 Å². The van der Waals surface area contributed by atoms with Gasteiger partial charge in [-0.1, -0.05) is 12.8 Å². The maximum absolute atomic E-state index is 12.9. The van der Waals surface area contributed by atoms with Crippen molar-refractivity contribution >= 4 is 21.7 Å². The number of amides is 2. The van der Waals surface area contributed by atoms with Crippen LogP contribution < -0.4 is 5.32 Å². The molecule has 1 saturated carbocycles. The smallest absolute Gasteiger partial charge is 0.225 e. The molecule has 0 radical (unpaired) electrons. The predicted molar refractivity (Wildman–Crippen MR) is 93.5 cm³/mol. The van der Waals surface area contributed by atoms with Crippen molar-refractivity contribution in [1.82, 2.24) is 10.2 Å². The molecule has 0 bridgehead atoms. The largest absolute Gasteiger partial charge is 0.355 e. The molecule has 1 aliphatic heterocycles. The van der Waals surface area contributed by atoms with Crippen LogP contribution in [0, 0.1) is 11.7 Å². The number of likely N-dealkylation sites (tertiary alicyclic amines) is 1. The van der Waals surface area contributed by atoms with E-state index in [9.17, 15) is 22.4 Å². The van der Waals surface area contributed by atoms with Gasteiger partial charge in [-0.2, -0.15) is 0 Å². The van der Waals surface area contributed by atoms with Crippen LogP contribution in [0.3, 0.4) is 0 Å². The first-order valence-electron chi connectivity index (χ1n) is 8.92. The summed E-state index contributed by atoms with van der Waals surface area (Å²) < 4.78 is 37.3. The van der Waals surface area contributed by atoms with Gasteiger partial charge in [0.25, 0.3) is 0 Å². The fraction of sp³-hybridized carbons (Fsp3) is 0.556. The number of carbonyl (C=O) groups excluding carboxylic acids is 2. The number of nitrogens with zero attached hydrogens (tertiary/aromatic N) is 1. The van der Waals surface area contributed by atoms with E-state index < -0.39 is 21.6 Å². The number of hydrogen-bond donors (Lipinski definition) is 1. The third-order valence-corrected chi connectivity index (χ3v) is 6.87. The summed E-state index contributed by atoms with van der Waals surface area (Å²) in [4.78, 5) is 26.3. The lowest BCUT2D eigenvalue weighted by atomic mass is 10.1.